The van der Waals surface area contributed by atoms with Crippen LogP contribution in [0.3, 0.4) is 0 Å². The van der Waals surface area contributed by atoms with Crippen LogP contribution in [-0.4, -0.2) is 43.0 Å². The molecule has 126 valence electrons. The first-order chi connectivity index (χ1) is 10.7. The largest absolute Gasteiger partial charge is 0.347 e. The monoisotopic (exact) mass is 353 g/mol. The number of carbonyl (C=O) groups is 1. The predicted octanol–water partition coefficient (Wildman–Crippen LogP) is 4.00. The van der Waals surface area contributed by atoms with E-state index in [9.17, 15) is 10.0 Å². The van der Waals surface area contributed by atoms with Crippen LogP contribution in [-0.2, 0) is 0 Å². The molecule has 0 spiro atoms. The van der Waals surface area contributed by atoms with Crippen molar-refractivity contribution in [2.24, 2.45) is 5.92 Å². The number of nitrogens with zero attached hydrogens (tertiary/aromatic N) is 2. The molecular formula is C16H23N3O2S2. The number of thioether (sulfide) groups is 1. The lowest BCUT2D eigenvalue weighted by atomic mass is 10.1. The zero-order chi connectivity index (χ0) is 17.2. The highest BCUT2D eigenvalue weighted by atomic mass is 32.2. The zero-order valence-electron chi connectivity index (χ0n) is 13.8. The van der Waals surface area contributed by atoms with Gasteiger partial charge in [-0.15, -0.1) is 0 Å². The maximum absolute atomic E-state index is 12.4. The Morgan fingerprint density at radius 2 is 2.04 bits per heavy atom. The van der Waals surface area contributed by atoms with Crippen LogP contribution < -0.4 is 5.32 Å². The topological polar surface area (TPSA) is 55.8 Å². The molecule has 2 N–H and O–H groups in total. The molecule has 1 unspecified atom stereocenters. The molecule has 1 aromatic carbocycles. The maximum Gasteiger partial charge on any atom is 0.347 e. The van der Waals surface area contributed by atoms with E-state index in [0.29, 0.717) is 22.5 Å². The molecule has 0 aromatic heterocycles. The Balaban J connectivity index is 2.18. The molecule has 7 heteroatoms. The van der Waals surface area contributed by atoms with Crippen LogP contribution in [0.25, 0.3) is 0 Å². The predicted molar refractivity (Wildman–Crippen MR) is 98.7 cm³/mol. The van der Waals surface area contributed by atoms with Gasteiger partial charge in [-0.1, -0.05) is 56.0 Å². The lowest BCUT2D eigenvalue weighted by molar-refractivity contribution is -0.115. The smallest absolute Gasteiger partial charge is 0.333 e. The SMILES string of the molecule is CC(C)CN1C(=S)SC(C)(C)C1N(O)C(=O)Nc1ccccc1. The minimum absolute atomic E-state index is 0.371. The molecule has 1 saturated heterocycles. The molecule has 0 radical (unpaired) electrons. The Bertz CT molecular complexity index is 578. The van der Waals surface area contributed by atoms with E-state index < -0.39 is 16.9 Å². The molecule has 0 saturated carbocycles. The summed E-state index contributed by atoms with van der Waals surface area (Å²) >= 11 is 6.95. The van der Waals surface area contributed by atoms with Crippen LogP contribution in [0.15, 0.2) is 30.3 Å². The summed E-state index contributed by atoms with van der Waals surface area (Å²) in [5, 5.41) is 14.0. The minimum Gasteiger partial charge on any atom is -0.333 e. The fraction of sp³-hybridized carbons (Fsp3) is 0.500. The number of amides is 2. The summed E-state index contributed by atoms with van der Waals surface area (Å²) in [4.78, 5) is 14.3. The molecular weight excluding hydrogens is 330 g/mol. The lowest BCUT2D eigenvalue weighted by Crippen LogP contribution is -2.56. The fourth-order valence-corrected chi connectivity index (χ4v) is 4.51. The standard InChI is InChI=1S/C16H23N3O2S2/c1-11(2)10-18-13(16(3,4)23-15(18)22)19(21)14(20)17-12-8-6-5-7-9-12/h5-9,11,13,21H,10H2,1-4H3,(H,17,20). The maximum atomic E-state index is 12.4. The summed E-state index contributed by atoms with van der Waals surface area (Å²) in [5.74, 6) is 0.371. The number of urea groups is 1. The number of thiocarbonyl (C=S) groups is 1. The Kier molecular flexibility index (Phi) is 5.54. The number of carbonyl (C=O) groups excluding carboxylic acids is 1. The van der Waals surface area contributed by atoms with Gasteiger partial charge in [0.25, 0.3) is 0 Å². The number of benzene rings is 1. The Morgan fingerprint density at radius 3 is 2.61 bits per heavy atom. The number of nitrogens with one attached hydrogen (secondary N) is 1. The third-order valence-corrected chi connectivity index (χ3v) is 5.16. The van der Waals surface area contributed by atoms with Crippen molar-refractivity contribution in [1.29, 1.82) is 0 Å². The van der Waals surface area contributed by atoms with Crippen molar-refractivity contribution in [2.75, 3.05) is 11.9 Å². The molecule has 1 aliphatic heterocycles. The quantitative estimate of drug-likeness (QED) is 0.487. The van der Waals surface area contributed by atoms with Gasteiger partial charge in [0.1, 0.15) is 10.5 Å². The molecule has 1 fully saturated rings. The van der Waals surface area contributed by atoms with Gasteiger partial charge in [-0.25, -0.2) is 4.79 Å². The van der Waals surface area contributed by atoms with Gasteiger partial charge in [0.05, 0.1) is 4.75 Å². The van der Waals surface area contributed by atoms with Gasteiger partial charge in [0, 0.05) is 12.2 Å². The fourth-order valence-electron chi connectivity index (χ4n) is 2.62. The van der Waals surface area contributed by atoms with Gasteiger partial charge in [-0.2, -0.15) is 5.06 Å². The molecule has 5 nitrogen and oxygen atoms in total. The van der Waals surface area contributed by atoms with E-state index in [-0.39, 0.29) is 0 Å². The summed E-state index contributed by atoms with van der Waals surface area (Å²) in [7, 11) is 0. The molecule has 2 rings (SSSR count). The lowest BCUT2D eigenvalue weighted by Gasteiger charge is -2.37. The van der Waals surface area contributed by atoms with E-state index in [2.05, 4.69) is 19.2 Å². The van der Waals surface area contributed by atoms with E-state index in [0.717, 1.165) is 5.06 Å². The average molecular weight is 354 g/mol. The van der Waals surface area contributed by atoms with Crippen molar-refractivity contribution >= 4 is 40.0 Å². The van der Waals surface area contributed by atoms with E-state index in [1.54, 1.807) is 12.1 Å². The van der Waals surface area contributed by atoms with Crippen LogP contribution >= 0.6 is 24.0 Å². The van der Waals surface area contributed by atoms with E-state index in [1.165, 1.54) is 11.8 Å². The molecule has 1 aromatic rings. The number of para-hydroxylation sites is 1. The van der Waals surface area contributed by atoms with Crippen LogP contribution in [0.1, 0.15) is 27.7 Å². The molecule has 23 heavy (non-hydrogen) atoms. The summed E-state index contributed by atoms with van der Waals surface area (Å²) in [5.41, 5.74) is 0.637. The summed E-state index contributed by atoms with van der Waals surface area (Å²) in [6.45, 7) is 8.82. The first-order valence-corrected chi connectivity index (χ1v) is 8.78. The van der Waals surface area contributed by atoms with Crippen molar-refractivity contribution < 1.29 is 10.0 Å². The molecule has 0 aliphatic carbocycles. The number of hydrogen-bond donors (Lipinski definition) is 2. The van der Waals surface area contributed by atoms with Gasteiger partial charge >= 0.3 is 6.03 Å². The zero-order valence-corrected chi connectivity index (χ0v) is 15.4. The summed E-state index contributed by atoms with van der Waals surface area (Å²) in [6.07, 6.45) is -0.508. The summed E-state index contributed by atoms with van der Waals surface area (Å²) in [6, 6.07) is 8.51. The minimum atomic E-state index is -0.562. The highest BCUT2D eigenvalue weighted by Crippen LogP contribution is 2.42. The molecule has 1 atom stereocenters. The second kappa shape index (κ2) is 7.07. The number of hydrogen-bond acceptors (Lipinski definition) is 4. The van der Waals surface area contributed by atoms with Gasteiger partial charge < -0.3 is 10.2 Å². The molecule has 2 amide bonds. The third kappa shape index (κ3) is 4.16. The van der Waals surface area contributed by atoms with Crippen molar-refractivity contribution in [1.82, 2.24) is 9.96 Å². The molecule has 0 bridgehead atoms. The van der Waals surface area contributed by atoms with Crippen LogP contribution in [0.2, 0.25) is 0 Å². The normalized spacial score (nSPS) is 20.0. The third-order valence-electron chi connectivity index (χ3n) is 3.53. The number of rotatable bonds is 4. The van der Waals surface area contributed by atoms with E-state index >= 15 is 0 Å². The van der Waals surface area contributed by atoms with Crippen molar-refractivity contribution in [3.05, 3.63) is 30.3 Å². The van der Waals surface area contributed by atoms with Crippen LogP contribution in [0, 0.1) is 5.92 Å². The van der Waals surface area contributed by atoms with Crippen molar-refractivity contribution in [2.45, 2.75) is 38.6 Å². The summed E-state index contributed by atoms with van der Waals surface area (Å²) < 4.78 is 0.314. The second-order valence-corrected chi connectivity index (χ2v) is 8.82. The van der Waals surface area contributed by atoms with Crippen LogP contribution in [0.4, 0.5) is 10.5 Å². The van der Waals surface area contributed by atoms with Gasteiger partial charge in [-0.05, 0) is 31.9 Å². The second-order valence-electron chi connectivity index (χ2n) is 6.53. The number of anilines is 1. The molecule has 1 aliphatic rings. The first-order valence-electron chi connectivity index (χ1n) is 7.56. The van der Waals surface area contributed by atoms with E-state index in [4.69, 9.17) is 12.2 Å². The van der Waals surface area contributed by atoms with Crippen LogP contribution in [0.5, 0.6) is 0 Å². The highest BCUT2D eigenvalue weighted by Gasteiger charge is 2.49. The average Bonchev–Trinajstić information content (AvgIpc) is 2.67. The highest BCUT2D eigenvalue weighted by molar-refractivity contribution is 8.24. The van der Waals surface area contributed by atoms with Gasteiger partial charge in [0.2, 0.25) is 0 Å². The Labute approximate surface area is 147 Å². The molecule has 1 heterocycles. The van der Waals surface area contributed by atoms with Gasteiger partial charge in [-0.3, -0.25) is 5.21 Å². The van der Waals surface area contributed by atoms with Gasteiger partial charge in [0.15, 0.2) is 0 Å². The Hall–Kier alpha value is -1.31. The van der Waals surface area contributed by atoms with E-state index in [1.807, 2.05) is 36.9 Å². The van der Waals surface area contributed by atoms with Crippen molar-refractivity contribution in [3.8, 4) is 0 Å². The Morgan fingerprint density at radius 1 is 1.43 bits per heavy atom. The first kappa shape index (κ1) is 18.0. The van der Waals surface area contributed by atoms with Crippen molar-refractivity contribution in [3.63, 3.8) is 0 Å². The number of hydroxylamine groups is 2.